The molecule has 1 aromatic rings. The topological polar surface area (TPSA) is 29.9 Å². The Morgan fingerprint density at radius 1 is 1.33 bits per heavy atom. The van der Waals surface area contributed by atoms with Gasteiger partial charge < -0.3 is 5.32 Å². The maximum Gasteiger partial charge on any atom is 0.0767 e. The van der Waals surface area contributed by atoms with Gasteiger partial charge in [0.15, 0.2) is 0 Å². The van der Waals surface area contributed by atoms with E-state index in [1.165, 1.54) is 10.2 Å². The predicted octanol–water partition coefficient (Wildman–Crippen LogP) is 3.75. The quantitative estimate of drug-likeness (QED) is 0.896. The summed E-state index contributed by atoms with van der Waals surface area (Å²) < 4.78 is 3.26. The van der Waals surface area contributed by atoms with Crippen LogP contribution in [0.3, 0.4) is 0 Å². The molecular formula is C14H26BrN3. The van der Waals surface area contributed by atoms with Crippen molar-refractivity contribution in [1.29, 1.82) is 0 Å². The van der Waals surface area contributed by atoms with Crippen LogP contribution in [-0.4, -0.2) is 15.8 Å². The Bertz CT molecular complexity index is 390. The maximum absolute atomic E-state index is 4.62. The van der Waals surface area contributed by atoms with E-state index in [-0.39, 0.29) is 5.41 Å². The molecule has 1 rings (SSSR count). The number of aryl methyl sites for hydroxylation is 2. The molecule has 104 valence electrons. The minimum atomic E-state index is 0.275. The van der Waals surface area contributed by atoms with Crippen molar-refractivity contribution < 1.29 is 0 Å². The summed E-state index contributed by atoms with van der Waals surface area (Å²) in [6, 6.07) is 0.467. The van der Waals surface area contributed by atoms with Gasteiger partial charge in [-0.1, -0.05) is 27.7 Å². The summed E-state index contributed by atoms with van der Waals surface area (Å²) >= 11 is 3.68. The third-order valence-electron chi connectivity index (χ3n) is 3.57. The Hall–Kier alpha value is -0.350. The molecule has 3 nitrogen and oxygen atoms in total. The van der Waals surface area contributed by atoms with Crippen LogP contribution < -0.4 is 5.32 Å². The molecule has 18 heavy (non-hydrogen) atoms. The lowest BCUT2D eigenvalue weighted by Gasteiger charge is -2.28. The first-order chi connectivity index (χ1) is 8.31. The molecule has 1 N–H and O–H groups in total. The normalized spacial score (nSPS) is 13.9. The summed E-state index contributed by atoms with van der Waals surface area (Å²) in [6.45, 7) is 15.1. The minimum Gasteiger partial charge on any atom is -0.308 e. The Balaban J connectivity index is 2.81. The van der Waals surface area contributed by atoms with E-state index in [1.807, 2.05) is 0 Å². The molecule has 0 radical (unpaired) electrons. The van der Waals surface area contributed by atoms with Crippen molar-refractivity contribution in [2.75, 3.05) is 0 Å². The molecule has 0 aliphatic rings. The largest absolute Gasteiger partial charge is 0.308 e. The Morgan fingerprint density at radius 3 is 2.39 bits per heavy atom. The maximum atomic E-state index is 4.62. The van der Waals surface area contributed by atoms with Crippen LogP contribution >= 0.6 is 15.9 Å². The summed E-state index contributed by atoms with van der Waals surface area (Å²) in [5, 5.41) is 8.22. The zero-order chi connectivity index (χ0) is 13.9. The van der Waals surface area contributed by atoms with E-state index in [2.05, 4.69) is 72.6 Å². The van der Waals surface area contributed by atoms with Crippen LogP contribution in [0.4, 0.5) is 0 Å². The second-order valence-corrected chi connectivity index (χ2v) is 6.64. The van der Waals surface area contributed by atoms with Gasteiger partial charge in [-0.2, -0.15) is 5.10 Å². The van der Waals surface area contributed by atoms with Crippen molar-refractivity contribution in [2.24, 2.45) is 5.41 Å². The molecule has 1 unspecified atom stereocenters. The van der Waals surface area contributed by atoms with E-state index in [9.17, 15) is 0 Å². The molecule has 0 aromatic carbocycles. The van der Waals surface area contributed by atoms with Crippen molar-refractivity contribution >= 4 is 15.9 Å². The van der Waals surface area contributed by atoms with Crippen molar-refractivity contribution in [1.82, 2.24) is 15.1 Å². The van der Waals surface area contributed by atoms with Gasteiger partial charge in [0.2, 0.25) is 0 Å². The molecule has 0 amide bonds. The van der Waals surface area contributed by atoms with Gasteiger partial charge in [0.1, 0.15) is 0 Å². The van der Waals surface area contributed by atoms with Gasteiger partial charge in [-0.15, -0.1) is 0 Å². The highest BCUT2D eigenvalue weighted by molar-refractivity contribution is 9.10. The lowest BCUT2D eigenvalue weighted by atomic mass is 9.88. The van der Waals surface area contributed by atoms with Crippen molar-refractivity contribution in [3.63, 3.8) is 0 Å². The molecule has 0 bridgehead atoms. The van der Waals surface area contributed by atoms with Crippen LogP contribution in [0.2, 0.25) is 0 Å². The van der Waals surface area contributed by atoms with Crippen molar-refractivity contribution in [3.8, 4) is 0 Å². The fourth-order valence-electron chi connectivity index (χ4n) is 1.74. The molecule has 0 saturated carbocycles. The van der Waals surface area contributed by atoms with E-state index >= 15 is 0 Å². The molecule has 1 atom stereocenters. The summed E-state index contributed by atoms with van der Waals surface area (Å²) in [5.41, 5.74) is 2.68. The zero-order valence-electron chi connectivity index (χ0n) is 12.5. The van der Waals surface area contributed by atoms with E-state index < -0.39 is 0 Å². The molecule has 0 saturated heterocycles. The van der Waals surface area contributed by atoms with Crippen LogP contribution in [0.25, 0.3) is 0 Å². The number of hydrogen-bond donors (Lipinski definition) is 1. The molecule has 0 spiro atoms. The van der Waals surface area contributed by atoms with Crippen LogP contribution in [0, 0.1) is 5.41 Å². The summed E-state index contributed by atoms with van der Waals surface area (Å²) in [4.78, 5) is 0. The highest BCUT2D eigenvalue weighted by Crippen LogP contribution is 2.24. The predicted molar refractivity (Wildman–Crippen MR) is 80.7 cm³/mol. The number of rotatable bonds is 5. The lowest BCUT2D eigenvalue weighted by molar-refractivity contribution is 0.282. The third kappa shape index (κ3) is 3.58. The Kier molecular flexibility index (Phi) is 5.41. The van der Waals surface area contributed by atoms with Crippen LogP contribution in [0.5, 0.6) is 0 Å². The van der Waals surface area contributed by atoms with Gasteiger partial charge in [-0.05, 0) is 41.6 Å². The monoisotopic (exact) mass is 315 g/mol. The molecule has 0 aliphatic heterocycles. The minimum absolute atomic E-state index is 0.275. The highest BCUT2D eigenvalue weighted by Gasteiger charge is 2.21. The fourth-order valence-corrected chi connectivity index (χ4v) is 2.45. The first kappa shape index (κ1) is 15.7. The van der Waals surface area contributed by atoms with Crippen LogP contribution in [-0.2, 0) is 19.5 Å². The van der Waals surface area contributed by atoms with Gasteiger partial charge in [0.05, 0.1) is 15.9 Å². The molecule has 0 fully saturated rings. The van der Waals surface area contributed by atoms with E-state index in [0.717, 1.165) is 25.2 Å². The average molecular weight is 316 g/mol. The van der Waals surface area contributed by atoms with Gasteiger partial charge in [0.25, 0.3) is 0 Å². The first-order valence-electron chi connectivity index (χ1n) is 6.78. The third-order valence-corrected chi connectivity index (χ3v) is 4.48. The molecule has 0 aliphatic carbocycles. The highest BCUT2D eigenvalue weighted by atomic mass is 79.9. The van der Waals surface area contributed by atoms with Crippen LogP contribution in [0.1, 0.15) is 52.9 Å². The van der Waals surface area contributed by atoms with Gasteiger partial charge in [0, 0.05) is 19.1 Å². The van der Waals surface area contributed by atoms with Crippen molar-refractivity contribution in [3.05, 3.63) is 15.9 Å². The van der Waals surface area contributed by atoms with Gasteiger partial charge in [-0.25, -0.2) is 0 Å². The molecule has 1 heterocycles. The molecular weight excluding hydrogens is 290 g/mol. The summed E-state index contributed by atoms with van der Waals surface area (Å²) in [6.07, 6.45) is 0.968. The Labute approximate surface area is 119 Å². The number of nitrogens with one attached hydrogen (secondary N) is 1. The van der Waals surface area contributed by atoms with Crippen molar-refractivity contribution in [2.45, 2.75) is 67.1 Å². The smallest absolute Gasteiger partial charge is 0.0767 e. The number of halogens is 1. The second kappa shape index (κ2) is 6.20. The zero-order valence-corrected chi connectivity index (χ0v) is 14.1. The number of nitrogens with zero attached hydrogens (tertiary/aromatic N) is 2. The van der Waals surface area contributed by atoms with E-state index in [0.29, 0.717) is 6.04 Å². The Morgan fingerprint density at radius 2 is 1.94 bits per heavy atom. The second-order valence-electron chi connectivity index (χ2n) is 5.85. The first-order valence-corrected chi connectivity index (χ1v) is 7.57. The average Bonchev–Trinajstić information content (AvgIpc) is 2.61. The summed E-state index contributed by atoms with van der Waals surface area (Å²) in [5.74, 6) is 0. The van der Waals surface area contributed by atoms with E-state index in [1.54, 1.807) is 0 Å². The van der Waals surface area contributed by atoms with E-state index in [4.69, 9.17) is 0 Å². The van der Waals surface area contributed by atoms with Crippen LogP contribution in [0.15, 0.2) is 4.47 Å². The molecule has 4 heteroatoms. The molecule has 1 aromatic heterocycles. The standard InChI is InChI=1S/C14H26BrN3/c1-7-11-13(15)12(18(8-2)17-11)9-16-10(3)14(4,5)6/h10,16H,7-9H2,1-6H3. The number of aromatic nitrogens is 2. The fraction of sp³-hybridized carbons (Fsp3) is 0.786. The van der Waals surface area contributed by atoms with Gasteiger partial charge in [-0.3, -0.25) is 4.68 Å². The summed E-state index contributed by atoms with van der Waals surface area (Å²) in [7, 11) is 0. The SMILES string of the molecule is CCc1nn(CC)c(CNC(C)C(C)(C)C)c1Br. The van der Waals surface area contributed by atoms with Gasteiger partial charge >= 0.3 is 0 Å². The lowest BCUT2D eigenvalue weighted by Crippen LogP contribution is -2.37. The number of hydrogen-bond acceptors (Lipinski definition) is 2.